The highest BCUT2D eigenvalue weighted by Gasteiger charge is 2.23. The lowest BCUT2D eigenvalue weighted by Gasteiger charge is -2.22. The maximum atomic E-state index is 11.8. The lowest BCUT2D eigenvalue weighted by molar-refractivity contribution is -0.142. The topological polar surface area (TPSA) is 66.4 Å². The molecule has 0 spiro atoms. The highest BCUT2D eigenvalue weighted by atomic mass is 32.2. The monoisotopic (exact) mass is 273 g/mol. The van der Waals surface area contributed by atoms with E-state index in [1.165, 1.54) is 0 Å². The van der Waals surface area contributed by atoms with Crippen molar-refractivity contribution in [2.45, 2.75) is 45.6 Å². The molecule has 1 fully saturated rings. The van der Waals surface area contributed by atoms with Crippen LogP contribution in [0.1, 0.15) is 39.5 Å². The molecule has 4 nitrogen and oxygen atoms in total. The lowest BCUT2D eigenvalue weighted by Crippen LogP contribution is -2.42. The number of carbonyl (C=O) groups is 2. The summed E-state index contributed by atoms with van der Waals surface area (Å²) in [6.07, 6.45) is 3.10. The Labute approximate surface area is 113 Å². The van der Waals surface area contributed by atoms with Crippen molar-refractivity contribution in [1.29, 1.82) is 0 Å². The highest BCUT2D eigenvalue weighted by molar-refractivity contribution is 7.99. The van der Waals surface area contributed by atoms with E-state index in [-0.39, 0.29) is 11.8 Å². The van der Waals surface area contributed by atoms with Crippen LogP contribution in [0, 0.1) is 11.8 Å². The van der Waals surface area contributed by atoms with E-state index in [0.29, 0.717) is 18.8 Å². The second kappa shape index (κ2) is 7.67. The van der Waals surface area contributed by atoms with E-state index < -0.39 is 12.0 Å². The van der Waals surface area contributed by atoms with Crippen LogP contribution < -0.4 is 5.32 Å². The summed E-state index contributed by atoms with van der Waals surface area (Å²) in [6.45, 7) is 3.92. The van der Waals surface area contributed by atoms with Gasteiger partial charge in [-0.3, -0.25) is 4.79 Å². The average Bonchev–Trinajstić information content (AvgIpc) is 2.28. The van der Waals surface area contributed by atoms with Gasteiger partial charge in [-0.2, -0.15) is 11.8 Å². The van der Waals surface area contributed by atoms with Crippen LogP contribution in [0.3, 0.4) is 0 Å². The van der Waals surface area contributed by atoms with E-state index in [1.54, 1.807) is 0 Å². The van der Waals surface area contributed by atoms with Crippen LogP contribution in [0.5, 0.6) is 0 Å². The third kappa shape index (κ3) is 5.76. The molecule has 0 aromatic rings. The first-order valence-electron chi connectivity index (χ1n) is 6.59. The Morgan fingerprint density at radius 3 is 2.44 bits per heavy atom. The zero-order chi connectivity index (χ0) is 13.5. The first-order valence-corrected chi connectivity index (χ1v) is 7.74. The molecule has 5 heteroatoms. The van der Waals surface area contributed by atoms with E-state index in [4.69, 9.17) is 5.11 Å². The van der Waals surface area contributed by atoms with Crippen LogP contribution in [0.15, 0.2) is 0 Å². The van der Waals surface area contributed by atoms with E-state index in [2.05, 4.69) is 5.32 Å². The number of hydrogen-bond donors (Lipinski definition) is 2. The largest absolute Gasteiger partial charge is 0.480 e. The zero-order valence-corrected chi connectivity index (χ0v) is 12.0. The third-order valence-electron chi connectivity index (χ3n) is 3.16. The van der Waals surface area contributed by atoms with Gasteiger partial charge in [0.15, 0.2) is 0 Å². The van der Waals surface area contributed by atoms with Crippen LogP contribution in [0.25, 0.3) is 0 Å². The van der Waals surface area contributed by atoms with E-state index >= 15 is 0 Å². The summed E-state index contributed by atoms with van der Waals surface area (Å²) < 4.78 is 0. The van der Waals surface area contributed by atoms with Gasteiger partial charge in [-0.15, -0.1) is 0 Å². The molecule has 18 heavy (non-hydrogen) atoms. The normalized spacial score (nSPS) is 18.6. The fraction of sp³-hybridized carbons (Fsp3) is 0.846. The SMILES string of the molecule is CC(C)CC(NC(=O)CC1CCSCC1)C(=O)O. The molecule has 0 aromatic heterocycles. The second-order valence-electron chi connectivity index (χ2n) is 5.35. The highest BCUT2D eigenvalue weighted by Crippen LogP contribution is 2.25. The Hall–Kier alpha value is -0.710. The smallest absolute Gasteiger partial charge is 0.326 e. The number of carbonyl (C=O) groups excluding carboxylic acids is 1. The van der Waals surface area contributed by atoms with Crippen molar-refractivity contribution in [2.75, 3.05) is 11.5 Å². The molecular weight excluding hydrogens is 250 g/mol. The molecule has 1 aliphatic heterocycles. The van der Waals surface area contributed by atoms with Crippen LogP contribution in [-0.2, 0) is 9.59 Å². The van der Waals surface area contributed by atoms with Crippen LogP contribution in [0.2, 0.25) is 0 Å². The van der Waals surface area contributed by atoms with Crippen molar-refractivity contribution in [2.24, 2.45) is 11.8 Å². The van der Waals surface area contributed by atoms with Gasteiger partial charge in [0.25, 0.3) is 0 Å². The number of nitrogens with one attached hydrogen (secondary N) is 1. The fourth-order valence-corrected chi connectivity index (χ4v) is 3.36. The summed E-state index contributed by atoms with van der Waals surface area (Å²) in [5.74, 6) is 1.88. The quantitative estimate of drug-likeness (QED) is 0.778. The molecule has 0 aliphatic carbocycles. The Bertz CT molecular complexity index is 288. The summed E-state index contributed by atoms with van der Waals surface area (Å²) in [5, 5.41) is 11.7. The van der Waals surface area contributed by atoms with Crippen LogP contribution in [-0.4, -0.2) is 34.5 Å². The van der Waals surface area contributed by atoms with Crippen molar-refractivity contribution in [3.8, 4) is 0 Å². The number of carboxylic acids is 1. The van der Waals surface area contributed by atoms with Gasteiger partial charge in [-0.05, 0) is 42.6 Å². The summed E-state index contributed by atoms with van der Waals surface area (Å²) in [6, 6.07) is -0.740. The third-order valence-corrected chi connectivity index (χ3v) is 4.20. The first kappa shape index (κ1) is 15.3. The standard InChI is InChI=1S/C13H23NO3S/c1-9(2)7-11(13(16)17)14-12(15)8-10-3-5-18-6-4-10/h9-11H,3-8H2,1-2H3,(H,14,15)(H,16,17). The molecule has 0 aromatic carbocycles. The molecule has 1 saturated heterocycles. The molecular formula is C13H23NO3S. The van der Waals surface area contributed by atoms with Crippen molar-refractivity contribution in [3.05, 3.63) is 0 Å². The summed E-state index contributed by atoms with van der Waals surface area (Å²) in [5.41, 5.74) is 0. The Morgan fingerprint density at radius 1 is 1.33 bits per heavy atom. The maximum Gasteiger partial charge on any atom is 0.326 e. The van der Waals surface area contributed by atoms with Crippen LogP contribution in [0.4, 0.5) is 0 Å². The molecule has 0 radical (unpaired) electrons. The van der Waals surface area contributed by atoms with Crippen LogP contribution >= 0.6 is 11.8 Å². The Balaban J connectivity index is 2.37. The molecule has 1 unspecified atom stereocenters. The van der Waals surface area contributed by atoms with Crippen molar-refractivity contribution in [1.82, 2.24) is 5.32 Å². The van der Waals surface area contributed by atoms with Gasteiger partial charge in [0.1, 0.15) is 6.04 Å². The van der Waals surface area contributed by atoms with Gasteiger partial charge in [-0.25, -0.2) is 4.79 Å². The van der Waals surface area contributed by atoms with Gasteiger partial charge in [0, 0.05) is 6.42 Å². The second-order valence-corrected chi connectivity index (χ2v) is 6.57. The zero-order valence-electron chi connectivity index (χ0n) is 11.1. The molecule has 1 aliphatic rings. The Kier molecular flexibility index (Phi) is 6.54. The summed E-state index contributed by atoms with van der Waals surface area (Å²) in [4.78, 5) is 22.9. The summed E-state index contributed by atoms with van der Waals surface area (Å²) >= 11 is 1.93. The molecule has 1 rings (SSSR count). The molecule has 104 valence electrons. The van der Waals surface area contributed by atoms with Crippen molar-refractivity contribution >= 4 is 23.6 Å². The number of aliphatic carboxylic acids is 1. The number of hydrogen-bond acceptors (Lipinski definition) is 3. The van der Waals surface area contributed by atoms with E-state index in [9.17, 15) is 9.59 Å². The predicted octanol–water partition coefficient (Wildman–Crippen LogP) is 2.14. The molecule has 0 saturated carbocycles. The number of thioether (sulfide) groups is 1. The Morgan fingerprint density at radius 2 is 1.94 bits per heavy atom. The lowest BCUT2D eigenvalue weighted by atomic mass is 9.97. The number of amides is 1. The minimum absolute atomic E-state index is 0.111. The minimum atomic E-state index is -0.934. The van der Waals surface area contributed by atoms with Gasteiger partial charge in [0.05, 0.1) is 0 Å². The first-order chi connectivity index (χ1) is 8.49. The molecule has 1 heterocycles. The molecule has 1 amide bonds. The number of rotatable bonds is 6. The average molecular weight is 273 g/mol. The minimum Gasteiger partial charge on any atom is -0.480 e. The van der Waals surface area contributed by atoms with Gasteiger partial charge in [-0.1, -0.05) is 13.8 Å². The predicted molar refractivity (Wildman–Crippen MR) is 73.7 cm³/mol. The van der Waals surface area contributed by atoms with E-state index in [1.807, 2.05) is 25.6 Å². The van der Waals surface area contributed by atoms with Crippen molar-refractivity contribution in [3.63, 3.8) is 0 Å². The number of carboxylic acid groups (broad SMARTS) is 1. The summed E-state index contributed by atoms with van der Waals surface area (Å²) in [7, 11) is 0. The molecule has 2 N–H and O–H groups in total. The molecule has 0 bridgehead atoms. The van der Waals surface area contributed by atoms with Gasteiger partial charge >= 0.3 is 5.97 Å². The van der Waals surface area contributed by atoms with Crippen molar-refractivity contribution < 1.29 is 14.7 Å². The molecule has 1 atom stereocenters. The van der Waals surface area contributed by atoms with Gasteiger partial charge in [0.2, 0.25) is 5.91 Å². The van der Waals surface area contributed by atoms with E-state index in [0.717, 1.165) is 24.3 Å². The maximum absolute atomic E-state index is 11.8. The van der Waals surface area contributed by atoms with Gasteiger partial charge < -0.3 is 10.4 Å². The fourth-order valence-electron chi connectivity index (χ4n) is 2.16.